The molecule has 1 fully saturated rings. The number of amides is 1. The summed E-state index contributed by atoms with van der Waals surface area (Å²) in [6, 6.07) is 0. The molecule has 6 nitrogen and oxygen atoms in total. The van der Waals surface area contributed by atoms with Crippen LogP contribution in [0.4, 0.5) is 0 Å². The molecule has 1 aromatic heterocycles. The van der Waals surface area contributed by atoms with Crippen molar-refractivity contribution in [3.63, 3.8) is 0 Å². The quantitative estimate of drug-likeness (QED) is 0.317. The molecule has 1 heterocycles. The number of oxime groups is 1. The second-order valence-corrected chi connectivity index (χ2v) is 5.08. The Balaban J connectivity index is 1.94. The average Bonchev–Trinajstić information content (AvgIpc) is 3.04. The number of aryl methyl sites for hydroxylation is 1. The Morgan fingerprint density at radius 1 is 1.76 bits per heavy atom. The van der Waals surface area contributed by atoms with Crippen LogP contribution in [0.1, 0.15) is 23.5 Å². The molecule has 92 valence electrons. The topological polar surface area (TPSA) is 101 Å². The zero-order valence-corrected chi connectivity index (χ0v) is 10.3. The van der Waals surface area contributed by atoms with Crippen molar-refractivity contribution < 1.29 is 10.0 Å². The number of carbonyl (C=O) groups excluding carboxylic acids is 1. The third kappa shape index (κ3) is 2.23. The lowest BCUT2D eigenvalue weighted by molar-refractivity contribution is -0.124. The largest absolute Gasteiger partial charge is 0.409 e. The van der Waals surface area contributed by atoms with Crippen molar-refractivity contribution >= 4 is 23.1 Å². The Morgan fingerprint density at radius 3 is 2.94 bits per heavy atom. The summed E-state index contributed by atoms with van der Waals surface area (Å²) < 4.78 is 0. The first-order valence-electron chi connectivity index (χ1n) is 5.26. The van der Waals surface area contributed by atoms with Gasteiger partial charge in [-0.15, -0.1) is 11.3 Å². The minimum atomic E-state index is -0.791. The molecule has 4 N–H and O–H groups in total. The second-order valence-electron chi connectivity index (χ2n) is 4.13. The van der Waals surface area contributed by atoms with Gasteiger partial charge < -0.3 is 16.3 Å². The fourth-order valence-electron chi connectivity index (χ4n) is 1.63. The SMILES string of the molecule is Cc1csc(CNC(=O)C2(C(N)=NO)CC2)n1. The lowest BCUT2D eigenvalue weighted by Crippen LogP contribution is -2.40. The average molecular weight is 254 g/mol. The summed E-state index contributed by atoms with van der Waals surface area (Å²) in [5.74, 6) is -0.203. The third-order valence-electron chi connectivity index (χ3n) is 2.85. The number of amidine groups is 1. The summed E-state index contributed by atoms with van der Waals surface area (Å²) in [6.45, 7) is 2.29. The van der Waals surface area contributed by atoms with Crippen LogP contribution in [0, 0.1) is 12.3 Å². The summed E-state index contributed by atoms with van der Waals surface area (Å²) >= 11 is 1.50. The van der Waals surface area contributed by atoms with Gasteiger partial charge in [0.2, 0.25) is 5.91 Å². The monoisotopic (exact) mass is 254 g/mol. The van der Waals surface area contributed by atoms with Crippen LogP contribution in [0.2, 0.25) is 0 Å². The van der Waals surface area contributed by atoms with E-state index in [4.69, 9.17) is 10.9 Å². The van der Waals surface area contributed by atoms with E-state index < -0.39 is 5.41 Å². The molecular formula is C10H14N4O2S. The molecule has 0 unspecified atom stereocenters. The van der Waals surface area contributed by atoms with Gasteiger partial charge in [0, 0.05) is 11.1 Å². The van der Waals surface area contributed by atoms with Gasteiger partial charge in [-0.25, -0.2) is 4.98 Å². The van der Waals surface area contributed by atoms with Gasteiger partial charge in [-0.05, 0) is 19.8 Å². The van der Waals surface area contributed by atoms with Crippen LogP contribution in [0.15, 0.2) is 10.5 Å². The fourth-order valence-corrected chi connectivity index (χ4v) is 2.34. The van der Waals surface area contributed by atoms with E-state index in [9.17, 15) is 4.79 Å². The Bertz CT molecular complexity index is 465. The molecule has 2 rings (SSSR count). The maximum absolute atomic E-state index is 11.9. The van der Waals surface area contributed by atoms with E-state index in [1.54, 1.807) is 0 Å². The van der Waals surface area contributed by atoms with Gasteiger partial charge in [0.05, 0.1) is 6.54 Å². The van der Waals surface area contributed by atoms with E-state index in [0.29, 0.717) is 19.4 Å². The first kappa shape index (κ1) is 11.8. The Morgan fingerprint density at radius 2 is 2.47 bits per heavy atom. The molecule has 0 saturated heterocycles. The van der Waals surface area contributed by atoms with Crippen molar-refractivity contribution in [3.8, 4) is 0 Å². The number of nitrogens with one attached hydrogen (secondary N) is 1. The predicted octanol–water partition coefficient (Wildman–Crippen LogP) is 0.594. The summed E-state index contributed by atoms with van der Waals surface area (Å²) in [4.78, 5) is 16.1. The zero-order valence-electron chi connectivity index (χ0n) is 9.43. The van der Waals surface area contributed by atoms with E-state index in [1.165, 1.54) is 11.3 Å². The molecule has 1 saturated carbocycles. The van der Waals surface area contributed by atoms with Gasteiger partial charge in [0.1, 0.15) is 10.4 Å². The van der Waals surface area contributed by atoms with Gasteiger partial charge in [-0.1, -0.05) is 5.16 Å². The third-order valence-corrected chi connectivity index (χ3v) is 3.82. The lowest BCUT2D eigenvalue weighted by atomic mass is 10.1. The van der Waals surface area contributed by atoms with E-state index in [1.807, 2.05) is 12.3 Å². The molecule has 0 aromatic carbocycles. The van der Waals surface area contributed by atoms with Crippen molar-refractivity contribution in [3.05, 3.63) is 16.1 Å². The second kappa shape index (κ2) is 4.33. The highest BCUT2D eigenvalue weighted by molar-refractivity contribution is 7.09. The normalized spacial score (nSPS) is 17.8. The van der Waals surface area contributed by atoms with Crippen molar-refractivity contribution in [2.75, 3.05) is 0 Å². The molecule has 1 aromatic rings. The van der Waals surface area contributed by atoms with Crippen molar-refractivity contribution in [1.29, 1.82) is 0 Å². The van der Waals surface area contributed by atoms with Crippen LogP contribution in [-0.4, -0.2) is 21.9 Å². The minimum absolute atomic E-state index is 0.00896. The van der Waals surface area contributed by atoms with Crippen LogP contribution >= 0.6 is 11.3 Å². The van der Waals surface area contributed by atoms with Gasteiger partial charge >= 0.3 is 0 Å². The lowest BCUT2D eigenvalue weighted by Gasteiger charge is -2.12. The highest BCUT2D eigenvalue weighted by Crippen LogP contribution is 2.46. The van der Waals surface area contributed by atoms with E-state index in [2.05, 4.69) is 15.5 Å². The summed E-state index contributed by atoms with van der Waals surface area (Å²) in [7, 11) is 0. The highest BCUT2D eigenvalue weighted by Gasteiger charge is 2.54. The Kier molecular flexibility index (Phi) is 3.01. The number of hydrogen-bond acceptors (Lipinski definition) is 5. The smallest absolute Gasteiger partial charge is 0.234 e. The Labute approximate surface area is 103 Å². The molecule has 0 spiro atoms. The highest BCUT2D eigenvalue weighted by atomic mass is 32.1. The molecule has 0 aliphatic heterocycles. The van der Waals surface area contributed by atoms with Crippen LogP contribution in [0.25, 0.3) is 0 Å². The van der Waals surface area contributed by atoms with Crippen LogP contribution in [-0.2, 0) is 11.3 Å². The van der Waals surface area contributed by atoms with Gasteiger partial charge in [-0.2, -0.15) is 0 Å². The van der Waals surface area contributed by atoms with Gasteiger partial charge in [0.15, 0.2) is 5.84 Å². The van der Waals surface area contributed by atoms with Crippen LogP contribution in [0.3, 0.4) is 0 Å². The predicted molar refractivity (Wildman–Crippen MR) is 63.8 cm³/mol. The first-order chi connectivity index (χ1) is 8.08. The molecule has 0 atom stereocenters. The standard InChI is InChI=1S/C10H14N4O2S/c1-6-5-17-7(13-6)4-12-9(15)10(2-3-10)8(11)14-16/h5,16H,2-4H2,1H3,(H2,11,14)(H,12,15). The molecule has 17 heavy (non-hydrogen) atoms. The number of rotatable bonds is 4. The molecular weight excluding hydrogens is 240 g/mol. The molecule has 1 aliphatic carbocycles. The van der Waals surface area contributed by atoms with Gasteiger partial charge in [-0.3, -0.25) is 4.79 Å². The van der Waals surface area contributed by atoms with Crippen molar-refractivity contribution in [2.24, 2.45) is 16.3 Å². The van der Waals surface area contributed by atoms with E-state index >= 15 is 0 Å². The number of nitrogens with zero attached hydrogens (tertiary/aromatic N) is 2. The summed E-state index contributed by atoms with van der Waals surface area (Å²) in [5, 5.41) is 17.1. The number of hydrogen-bond donors (Lipinski definition) is 3. The molecule has 7 heteroatoms. The maximum Gasteiger partial charge on any atom is 0.234 e. The number of nitrogens with two attached hydrogens (primary N) is 1. The fraction of sp³-hybridized carbons (Fsp3) is 0.500. The van der Waals surface area contributed by atoms with Crippen molar-refractivity contribution in [1.82, 2.24) is 10.3 Å². The number of aromatic nitrogens is 1. The molecule has 1 amide bonds. The summed E-state index contributed by atoms with van der Waals surface area (Å²) in [5.41, 5.74) is 5.66. The zero-order chi connectivity index (χ0) is 12.5. The minimum Gasteiger partial charge on any atom is -0.409 e. The number of carbonyl (C=O) groups is 1. The van der Waals surface area contributed by atoms with E-state index in [0.717, 1.165) is 10.7 Å². The summed E-state index contributed by atoms with van der Waals surface area (Å²) in [6.07, 6.45) is 1.26. The van der Waals surface area contributed by atoms with Crippen LogP contribution < -0.4 is 11.1 Å². The van der Waals surface area contributed by atoms with Gasteiger partial charge in [0.25, 0.3) is 0 Å². The maximum atomic E-state index is 11.9. The first-order valence-corrected chi connectivity index (χ1v) is 6.14. The van der Waals surface area contributed by atoms with Crippen molar-refractivity contribution in [2.45, 2.75) is 26.3 Å². The van der Waals surface area contributed by atoms with Crippen LogP contribution in [0.5, 0.6) is 0 Å². The molecule has 1 aliphatic rings. The molecule has 0 radical (unpaired) electrons. The number of thiazole rings is 1. The molecule has 0 bridgehead atoms. The Hall–Kier alpha value is -1.63. The van der Waals surface area contributed by atoms with E-state index in [-0.39, 0.29) is 11.7 Å².